The van der Waals surface area contributed by atoms with Crippen molar-refractivity contribution >= 4 is 57.1 Å². The van der Waals surface area contributed by atoms with Crippen LogP contribution in [0.25, 0.3) is 22.6 Å². The average molecular weight is 544 g/mol. The van der Waals surface area contributed by atoms with Gasteiger partial charge in [-0.1, -0.05) is 42.4 Å². The van der Waals surface area contributed by atoms with Crippen molar-refractivity contribution in [2.75, 3.05) is 11.1 Å². The molecule has 1 amide bonds. The second kappa shape index (κ2) is 10.4. The van der Waals surface area contributed by atoms with Gasteiger partial charge in [0.05, 0.1) is 11.4 Å². The lowest BCUT2D eigenvalue weighted by Gasteiger charge is -2.19. The summed E-state index contributed by atoms with van der Waals surface area (Å²) in [5.74, 6) is 1.76. The molecular formula is C25H26ClN5OS3. The molecule has 0 fully saturated rings. The van der Waals surface area contributed by atoms with Crippen LogP contribution in [0.3, 0.4) is 0 Å². The van der Waals surface area contributed by atoms with E-state index in [4.69, 9.17) is 11.6 Å². The normalized spacial score (nSPS) is 15.4. The monoisotopic (exact) mass is 543 g/mol. The number of hydrogen-bond acceptors (Lipinski definition) is 7. The molecule has 0 saturated heterocycles. The maximum absolute atomic E-state index is 12.7. The third kappa shape index (κ3) is 5.33. The Labute approximate surface area is 222 Å². The Kier molecular flexibility index (Phi) is 7.29. The van der Waals surface area contributed by atoms with Crippen LogP contribution >= 0.6 is 46.0 Å². The second-order valence-electron chi connectivity index (χ2n) is 9.05. The van der Waals surface area contributed by atoms with Crippen molar-refractivity contribution in [3.63, 3.8) is 0 Å². The lowest BCUT2D eigenvalue weighted by molar-refractivity contribution is -0.113. The third-order valence-corrected chi connectivity index (χ3v) is 9.05. The molecule has 1 aliphatic rings. The van der Waals surface area contributed by atoms with Crippen molar-refractivity contribution < 1.29 is 4.79 Å². The van der Waals surface area contributed by atoms with Gasteiger partial charge in [-0.05, 0) is 56.7 Å². The van der Waals surface area contributed by atoms with E-state index < -0.39 is 0 Å². The van der Waals surface area contributed by atoms with Crippen LogP contribution in [0.5, 0.6) is 0 Å². The highest BCUT2D eigenvalue weighted by atomic mass is 35.5. The number of thiazole rings is 1. The van der Waals surface area contributed by atoms with Crippen molar-refractivity contribution in [3.05, 3.63) is 50.5 Å². The van der Waals surface area contributed by atoms with Crippen LogP contribution in [0.1, 0.15) is 43.7 Å². The fourth-order valence-corrected chi connectivity index (χ4v) is 7.23. The molecule has 182 valence electrons. The van der Waals surface area contributed by atoms with Crippen molar-refractivity contribution in [1.29, 1.82) is 0 Å². The summed E-state index contributed by atoms with van der Waals surface area (Å²) in [5.41, 5.74) is 4.40. The Bertz CT molecular complexity index is 1340. The molecule has 35 heavy (non-hydrogen) atoms. The number of hydrogen-bond donors (Lipinski definition) is 1. The van der Waals surface area contributed by atoms with E-state index >= 15 is 0 Å². The Morgan fingerprint density at radius 1 is 1.23 bits per heavy atom. The molecular weight excluding hydrogens is 518 g/mol. The number of rotatable bonds is 7. The highest BCUT2D eigenvalue weighted by Gasteiger charge is 2.25. The van der Waals surface area contributed by atoms with Crippen molar-refractivity contribution in [3.8, 4) is 22.6 Å². The van der Waals surface area contributed by atoms with Gasteiger partial charge < -0.3 is 5.32 Å². The first-order chi connectivity index (χ1) is 16.9. The van der Waals surface area contributed by atoms with Crippen LogP contribution in [0, 0.1) is 5.92 Å². The molecule has 1 aromatic carbocycles. The molecule has 4 aromatic rings. The van der Waals surface area contributed by atoms with E-state index in [2.05, 4.69) is 51.2 Å². The van der Waals surface area contributed by atoms with Gasteiger partial charge in [-0.25, -0.2) is 4.98 Å². The Morgan fingerprint density at radius 3 is 2.80 bits per heavy atom. The van der Waals surface area contributed by atoms with Crippen LogP contribution in [0.15, 0.2) is 40.2 Å². The zero-order valence-electron chi connectivity index (χ0n) is 19.7. The first kappa shape index (κ1) is 24.5. The number of amides is 1. The summed E-state index contributed by atoms with van der Waals surface area (Å²) < 4.78 is 2.15. The van der Waals surface area contributed by atoms with Crippen molar-refractivity contribution in [2.45, 2.75) is 51.2 Å². The quantitative estimate of drug-likeness (QED) is 0.249. The highest BCUT2D eigenvalue weighted by molar-refractivity contribution is 7.99. The minimum absolute atomic E-state index is 0.117. The van der Waals surface area contributed by atoms with Gasteiger partial charge in [-0.3, -0.25) is 9.36 Å². The second-order valence-corrected chi connectivity index (χ2v) is 12.3. The number of carbonyl (C=O) groups excluding carboxylic acids is 1. The molecule has 1 aliphatic carbocycles. The summed E-state index contributed by atoms with van der Waals surface area (Å²) in [7, 11) is 0. The van der Waals surface area contributed by atoms with Gasteiger partial charge in [0.25, 0.3) is 0 Å². The fourth-order valence-electron chi connectivity index (χ4n) is 4.26. The number of nitrogens with zero attached hydrogens (tertiary/aromatic N) is 4. The molecule has 1 atom stereocenters. The van der Waals surface area contributed by atoms with Gasteiger partial charge >= 0.3 is 0 Å². The third-order valence-electron chi connectivity index (χ3n) is 6.05. The van der Waals surface area contributed by atoms with Crippen LogP contribution in [-0.2, 0) is 17.6 Å². The number of fused-ring (bicyclic) bond motifs is 1. The number of thioether (sulfide) groups is 1. The van der Waals surface area contributed by atoms with E-state index in [0.29, 0.717) is 10.2 Å². The molecule has 0 bridgehead atoms. The molecule has 0 spiro atoms. The van der Waals surface area contributed by atoms with Crippen molar-refractivity contribution in [1.82, 2.24) is 19.7 Å². The summed E-state index contributed by atoms with van der Waals surface area (Å²) in [6.07, 6.45) is 3.45. The van der Waals surface area contributed by atoms with E-state index in [9.17, 15) is 4.79 Å². The number of thiophene rings is 1. The summed E-state index contributed by atoms with van der Waals surface area (Å²) in [4.78, 5) is 18.7. The predicted molar refractivity (Wildman–Crippen MR) is 147 cm³/mol. The molecule has 6 nitrogen and oxygen atoms in total. The molecule has 10 heteroatoms. The number of aromatic nitrogens is 4. The number of anilines is 1. The zero-order chi connectivity index (χ0) is 24.5. The van der Waals surface area contributed by atoms with E-state index in [0.717, 1.165) is 41.0 Å². The molecule has 3 heterocycles. The van der Waals surface area contributed by atoms with Crippen LogP contribution in [0.2, 0.25) is 5.02 Å². The first-order valence-electron chi connectivity index (χ1n) is 11.6. The lowest BCUT2D eigenvalue weighted by atomic mass is 9.88. The summed E-state index contributed by atoms with van der Waals surface area (Å²) >= 11 is 10.6. The maximum Gasteiger partial charge on any atom is 0.236 e. The van der Waals surface area contributed by atoms with Crippen LogP contribution in [0.4, 0.5) is 5.13 Å². The van der Waals surface area contributed by atoms with Gasteiger partial charge in [0.15, 0.2) is 16.1 Å². The minimum atomic E-state index is -0.117. The van der Waals surface area contributed by atoms with Crippen molar-refractivity contribution in [2.24, 2.45) is 5.92 Å². The van der Waals surface area contributed by atoms with E-state index in [-0.39, 0.29) is 17.7 Å². The molecule has 1 N–H and O–H groups in total. The largest absolute Gasteiger partial charge is 0.301 e. The van der Waals surface area contributed by atoms with Gasteiger partial charge in [-0.15, -0.1) is 32.9 Å². The smallest absolute Gasteiger partial charge is 0.236 e. The first-order valence-corrected chi connectivity index (χ1v) is 14.7. The van der Waals surface area contributed by atoms with Crippen LogP contribution in [-0.4, -0.2) is 31.4 Å². The number of benzene rings is 1. The van der Waals surface area contributed by atoms with Gasteiger partial charge in [-0.2, -0.15) is 0 Å². The Hall–Kier alpha value is -2.20. The van der Waals surface area contributed by atoms with Gasteiger partial charge in [0.1, 0.15) is 0 Å². The molecule has 0 aliphatic heterocycles. The SMILES string of the molecule is CC1CCc2c(-c3nnc(SCC(=O)Nc4nc(-c5ccc(Cl)cc5)cs4)n3C(C)C)csc2C1. The standard InChI is InChI=1S/C25H26ClN5OS3/c1-14(2)31-23(19-11-33-21-10-15(3)4-9-18(19)21)29-30-25(31)35-13-22(32)28-24-27-20(12-34-24)16-5-7-17(26)8-6-16/h5-8,11-12,14-15H,4,9-10,13H2,1-3H3,(H,27,28,32). The Morgan fingerprint density at radius 2 is 2.03 bits per heavy atom. The molecule has 3 aromatic heterocycles. The van der Waals surface area contributed by atoms with Gasteiger partial charge in [0, 0.05) is 37.8 Å². The maximum atomic E-state index is 12.7. The van der Waals surface area contributed by atoms with E-state index in [1.807, 2.05) is 41.0 Å². The molecule has 5 rings (SSSR count). The zero-order valence-corrected chi connectivity index (χ0v) is 23.0. The van der Waals surface area contributed by atoms with E-state index in [1.54, 1.807) is 0 Å². The molecule has 0 saturated carbocycles. The number of carbonyl (C=O) groups is 1. The predicted octanol–water partition coefficient (Wildman–Crippen LogP) is 7.22. The number of halogens is 1. The molecule has 0 radical (unpaired) electrons. The molecule has 1 unspecified atom stereocenters. The topological polar surface area (TPSA) is 72.7 Å². The van der Waals surface area contributed by atoms with Gasteiger partial charge in [0.2, 0.25) is 5.91 Å². The average Bonchev–Trinajstić information content (AvgIpc) is 3.56. The van der Waals surface area contributed by atoms with Crippen LogP contribution < -0.4 is 5.32 Å². The number of nitrogens with one attached hydrogen (secondary N) is 1. The fraction of sp³-hybridized carbons (Fsp3) is 0.360. The summed E-state index contributed by atoms with van der Waals surface area (Å²) in [6, 6.07) is 7.68. The Balaban J connectivity index is 1.27. The van der Waals surface area contributed by atoms with E-state index in [1.165, 1.54) is 45.5 Å². The highest BCUT2D eigenvalue weighted by Crippen LogP contribution is 2.39. The minimum Gasteiger partial charge on any atom is -0.301 e. The summed E-state index contributed by atoms with van der Waals surface area (Å²) in [6.45, 7) is 6.58. The lowest BCUT2D eigenvalue weighted by Crippen LogP contribution is -2.15. The summed E-state index contributed by atoms with van der Waals surface area (Å²) in [5, 5.41) is 18.1.